The molecule has 2 heteroatoms. The van der Waals surface area contributed by atoms with Crippen LogP contribution in [0.15, 0.2) is 254 Å². The van der Waals surface area contributed by atoms with Crippen LogP contribution in [0, 0.1) is 0 Å². The lowest BCUT2D eigenvalue weighted by molar-refractivity contribution is 0.624. The molecule has 0 bridgehead atoms. The number of hydrogen-bond acceptors (Lipinski definition) is 0. The van der Waals surface area contributed by atoms with Gasteiger partial charge in [0.05, 0.1) is 32.9 Å². The van der Waals surface area contributed by atoms with Crippen LogP contribution in [0.3, 0.4) is 0 Å². The number of rotatable bonds is 4. The Morgan fingerprint density at radius 2 is 0.870 bits per heavy atom. The molecule has 15 rings (SSSR count). The number of para-hydroxylation sites is 2. The molecule has 10 aromatic carbocycles. The molecule has 322 valence electrons. The minimum Gasteiger partial charge on any atom is -0.309 e. The zero-order chi connectivity index (χ0) is 45.6. The highest BCUT2D eigenvalue weighted by atomic mass is 15.0. The van der Waals surface area contributed by atoms with E-state index in [0.717, 1.165) is 11.4 Å². The summed E-state index contributed by atoms with van der Waals surface area (Å²) >= 11 is 0. The number of allylic oxidation sites excluding steroid dienone is 5. The summed E-state index contributed by atoms with van der Waals surface area (Å²) in [7, 11) is 0. The van der Waals surface area contributed by atoms with Gasteiger partial charge in [0.1, 0.15) is 0 Å². The summed E-state index contributed by atoms with van der Waals surface area (Å²) in [5.41, 5.74) is 21.8. The van der Waals surface area contributed by atoms with Gasteiger partial charge in [0.2, 0.25) is 0 Å². The summed E-state index contributed by atoms with van der Waals surface area (Å²) in [6.07, 6.45) is 6.46. The van der Waals surface area contributed by atoms with Gasteiger partial charge in [-0.1, -0.05) is 195 Å². The maximum atomic E-state index is 4.22. The van der Waals surface area contributed by atoms with Gasteiger partial charge in [-0.05, 0) is 128 Å². The molecule has 0 saturated heterocycles. The van der Waals surface area contributed by atoms with Crippen molar-refractivity contribution in [2.24, 2.45) is 0 Å². The maximum absolute atomic E-state index is 4.22. The zero-order valence-corrected chi connectivity index (χ0v) is 38.1. The molecule has 2 spiro atoms. The molecule has 0 N–H and O–H groups in total. The van der Waals surface area contributed by atoms with Gasteiger partial charge >= 0.3 is 0 Å². The first-order valence-electron chi connectivity index (χ1n) is 24.1. The van der Waals surface area contributed by atoms with Crippen molar-refractivity contribution in [1.82, 2.24) is 9.13 Å². The van der Waals surface area contributed by atoms with Gasteiger partial charge < -0.3 is 9.13 Å². The quantitative estimate of drug-likeness (QED) is 0.156. The fourth-order valence-corrected chi connectivity index (χ4v) is 13.7. The highest BCUT2D eigenvalue weighted by molar-refractivity contribution is 6.20. The van der Waals surface area contributed by atoms with Crippen molar-refractivity contribution in [1.29, 1.82) is 0 Å². The molecule has 2 aromatic heterocycles. The molecule has 12 aromatic rings. The fraction of sp³-hybridized carbons (Fsp3) is 0.0448. The van der Waals surface area contributed by atoms with Crippen LogP contribution in [0.2, 0.25) is 0 Å². The molecule has 2 nitrogen and oxygen atoms in total. The smallest absolute Gasteiger partial charge is 0.0716 e. The summed E-state index contributed by atoms with van der Waals surface area (Å²) in [6, 6.07) is 82.2. The number of fused-ring (bicyclic) bond motifs is 21. The van der Waals surface area contributed by atoms with Crippen molar-refractivity contribution >= 4 is 54.4 Å². The first-order chi connectivity index (χ1) is 34.1. The highest BCUT2D eigenvalue weighted by Crippen LogP contribution is 2.68. The topological polar surface area (TPSA) is 9.86 Å². The van der Waals surface area contributed by atoms with Gasteiger partial charge in [-0.3, -0.25) is 0 Å². The largest absolute Gasteiger partial charge is 0.309 e. The number of benzene rings is 10. The van der Waals surface area contributed by atoms with Crippen molar-refractivity contribution in [2.45, 2.75) is 17.8 Å². The zero-order valence-electron chi connectivity index (χ0n) is 38.1. The lowest BCUT2D eigenvalue weighted by atomic mass is 9.52. The van der Waals surface area contributed by atoms with Gasteiger partial charge in [0, 0.05) is 38.3 Å². The third-order valence-corrected chi connectivity index (χ3v) is 16.2. The average molecular weight is 877 g/mol. The van der Waals surface area contributed by atoms with Crippen molar-refractivity contribution in [3.63, 3.8) is 0 Å². The van der Waals surface area contributed by atoms with Gasteiger partial charge in [0.15, 0.2) is 0 Å². The Bertz CT molecular complexity index is 4180. The first-order valence-corrected chi connectivity index (χ1v) is 24.1. The van der Waals surface area contributed by atoms with E-state index in [-0.39, 0.29) is 0 Å². The minimum absolute atomic E-state index is 0.527. The van der Waals surface area contributed by atoms with Crippen molar-refractivity contribution < 1.29 is 0 Å². The standard InChI is InChI=1S/C67H44N2/c1-3-4-26-55-42(2)66(59-30-15-16-31-60(59)67(55)57-28-13-7-21-47(57)48-22-8-14-29-58(48)67)56-27-12-9-23-49(56)53-41-64-54(40-61(53)66)52-39-34-43-19-5-6-20-46(43)65(52)69(64)45-37-35-44(36-38-45)68-62-32-17-10-24-50(62)51-25-11-18-33-63(51)68/h3-41H,1H2,2H3/b26-4-. The van der Waals surface area contributed by atoms with Crippen LogP contribution in [-0.4, -0.2) is 9.13 Å². The third kappa shape index (κ3) is 4.71. The van der Waals surface area contributed by atoms with Crippen LogP contribution < -0.4 is 0 Å². The Morgan fingerprint density at radius 3 is 1.49 bits per heavy atom. The summed E-state index contributed by atoms with van der Waals surface area (Å²) < 4.78 is 4.94. The average Bonchev–Trinajstić information content (AvgIpc) is 4.11. The second-order valence-electron chi connectivity index (χ2n) is 19.1. The first kappa shape index (κ1) is 38.4. The normalized spacial score (nSPS) is 16.3. The van der Waals surface area contributed by atoms with Crippen molar-refractivity contribution in [3.8, 4) is 33.6 Å². The molecule has 3 aliphatic carbocycles. The summed E-state index contributed by atoms with van der Waals surface area (Å²) in [5.74, 6) is 0. The highest BCUT2D eigenvalue weighted by Gasteiger charge is 2.58. The predicted octanol–water partition coefficient (Wildman–Crippen LogP) is 16.7. The Balaban J connectivity index is 1.04. The van der Waals surface area contributed by atoms with Gasteiger partial charge in [-0.15, -0.1) is 0 Å². The monoisotopic (exact) mass is 876 g/mol. The lowest BCUT2D eigenvalue weighted by Gasteiger charge is -2.49. The van der Waals surface area contributed by atoms with E-state index in [0.29, 0.717) is 0 Å². The summed E-state index contributed by atoms with van der Waals surface area (Å²) in [4.78, 5) is 0. The Morgan fingerprint density at radius 1 is 0.377 bits per heavy atom. The SMILES string of the molecule is C=C/C=C\C1=C(C)C2(c3ccccc3-c3cc4c(cc32)c2ccc3ccccc3c2n4-c2ccc(-n3c4ccccc4c4ccccc43)cc2)c2ccccc2C12c1ccccc1-c1ccccc12. The van der Waals surface area contributed by atoms with E-state index < -0.39 is 10.8 Å². The number of aromatic nitrogens is 2. The van der Waals surface area contributed by atoms with Crippen LogP contribution in [0.1, 0.15) is 40.3 Å². The van der Waals surface area contributed by atoms with E-state index in [1.165, 1.54) is 121 Å². The minimum atomic E-state index is -0.579. The molecule has 0 fully saturated rings. The second-order valence-corrected chi connectivity index (χ2v) is 19.1. The Hall–Kier alpha value is -8.72. The van der Waals surface area contributed by atoms with E-state index in [4.69, 9.17) is 0 Å². The molecule has 1 unspecified atom stereocenters. The van der Waals surface area contributed by atoms with E-state index in [9.17, 15) is 0 Å². The molecule has 0 saturated carbocycles. The van der Waals surface area contributed by atoms with Gasteiger partial charge in [0.25, 0.3) is 0 Å². The van der Waals surface area contributed by atoms with Crippen LogP contribution in [-0.2, 0) is 10.8 Å². The molecule has 0 amide bonds. The van der Waals surface area contributed by atoms with E-state index in [1.807, 2.05) is 6.08 Å². The van der Waals surface area contributed by atoms with Crippen molar-refractivity contribution in [2.75, 3.05) is 0 Å². The van der Waals surface area contributed by atoms with Crippen LogP contribution in [0.25, 0.3) is 88.0 Å². The molecule has 0 aliphatic heterocycles. The Kier molecular flexibility index (Phi) is 7.74. The number of hydrogen-bond donors (Lipinski definition) is 0. The summed E-state index contributed by atoms with van der Waals surface area (Å²) in [6.45, 7) is 6.65. The van der Waals surface area contributed by atoms with Gasteiger partial charge in [-0.25, -0.2) is 0 Å². The molecule has 1 atom stereocenters. The van der Waals surface area contributed by atoms with Crippen LogP contribution >= 0.6 is 0 Å². The van der Waals surface area contributed by atoms with Gasteiger partial charge in [-0.2, -0.15) is 0 Å². The summed E-state index contributed by atoms with van der Waals surface area (Å²) in [5, 5.41) is 7.49. The van der Waals surface area contributed by atoms with Crippen LogP contribution in [0.4, 0.5) is 0 Å². The number of nitrogens with zero attached hydrogens (tertiary/aromatic N) is 2. The molecule has 69 heavy (non-hydrogen) atoms. The van der Waals surface area contributed by atoms with E-state index in [2.05, 4.69) is 253 Å². The van der Waals surface area contributed by atoms with Crippen molar-refractivity contribution in [3.05, 3.63) is 288 Å². The molecule has 0 radical (unpaired) electrons. The van der Waals surface area contributed by atoms with E-state index in [1.54, 1.807) is 0 Å². The lowest BCUT2D eigenvalue weighted by Crippen LogP contribution is -2.43. The predicted molar refractivity (Wildman–Crippen MR) is 288 cm³/mol. The second kappa shape index (κ2) is 13.9. The molecular formula is C67H44N2. The Labute approximate surface area is 400 Å². The van der Waals surface area contributed by atoms with E-state index >= 15 is 0 Å². The fourth-order valence-electron chi connectivity index (χ4n) is 13.7. The third-order valence-electron chi connectivity index (χ3n) is 16.2. The molecular weight excluding hydrogens is 833 g/mol. The van der Waals surface area contributed by atoms with Crippen LogP contribution in [0.5, 0.6) is 0 Å². The molecule has 2 heterocycles. The maximum Gasteiger partial charge on any atom is 0.0716 e. The molecule has 3 aliphatic rings.